The Bertz CT molecular complexity index is 768. The number of guanidine groups is 1. The van der Waals surface area contributed by atoms with E-state index in [4.69, 9.17) is 5.26 Å². The van der Waals surface area contributed by atoms with E-state index >= 15 is 0 Å². The minimum Gasteiger partial charge on any atom is -0.354 e. The van der Waals surface area contributed by atoms with Crippen LogP contribution in [0.3, 0.4) is 0 Å². The van der Waals surface area contributed by atoms with Crippen molar-refractivity contribution in [2.45, 2.75) is 44.2 Å². The zero-order valence-corrected chi connectivity index (χ0v) is 15.3. The van der Waals surface area contributed by atoms with Crippen molar-refractivity contribution in [2.24, 2.45) is 4.99 Å². The van der Waals surface area contributed by atoms with Crippen molar-refractivity contribution >= 4 is 5.96 Å². The van der Waals surface area contributed by atoms with Gasteiger partial charge in [0.15, 0.2) is 5.96 Å². The lowest BCUT2D eigenvalue weighted by molar-refractivity contribution is 0.371. The quantitative estimate of drug-likeness (QED) is 0.651. The molecule has 0 atom stereocenters. The number of nitrogens with zero attached hydrogens (tertiary/aromatic N) is 2. The second-order valence-electron chi connectivity index (χ2n) is 6.84. The summed E-state index contributed by atoms with van der Waals surface area (Å²) in [5.74, 6) is 1.51. The Kier molecular flexibility index (Phi) is 6.27. The minimum atomic E-state index is 0.464. The van der Waals surface area contributed by atoms with E-state index in [-0.39, 0.29) is 0 Å². The predicted molar refractivity (Wildman–Crippen MR) is 106 cm³/mol. The van der Waals surface area contributed by atoms with Gasteiger partial charge in [0.1, 0.15) is 0 Å². The summed E-state index contributed by atoms with van der Waals surface area (Å²) in [5.41, 5.74) is 3.23. The molecule has 0 heterocycles. The predicted octanol–water partition coefficient (Wildman–Crippen LogP) is 3.95. The van der Waals surface area contributed by atoms with Gasteiger partial charge in [0, 0.05) is 19.6 Å². The van der Waals surface area contributed by atoms with Crippen molar-refractivity contribution < 1.29 is 0 Å². The third-order valence-corrected chi connectivity index (χ3v) is 5.08. The van der Waals surface area contributed by atoms with E-state index in [9.17, 15) is 0 Å². The lowest BCUT2D eigenvalue weighted by Crippen LogP contribution is -2.44. The summed E-state index contributed by atoms with van der Waals surface area (Å²) < 4.78 is 0. The first-order chi connectivity index (χ1) is 12.8. The van der Waals surface area contributed by atoms with Crippen LogP contribution in [0.4, 0.5) is 0 Å². The molecule has 26 heavy (non-hydrogen) atoms. The van der Waals surface area contributed by atoms with Gasteiger partial charge in [0.25, 0.3) is 0 Å². The maximum atomic E-state index is 9.00. The van der Waals surface area contributed by atoms with Gasteiger partial charge in [0.2, 0.25) is 0 Å². The third kappa shape index (κ3) is 4.86. The number of rotatable bonds is 4. The standard InChI is InChI=1S/C22H26N4/c1-24-22(25-16-18-7-5-6-17(14-18)15-23)26-21-12-10-20(11-13-21)19-8-3-2-4-9-19/h2-9,14,20-21H,10-13,16H2,1H3,(H2,24,25,26). The highest BCUT2D eigenvalue weighted by atomic mass is 15.2. The molecule has 1 aliphatic rings. The summed E-state index contributed by atoms with van der Waals surface area (Å²) in [5, 5.41) is 15.9. The molecule has 2 aromatic carbocycles. The molecule has 0 amide bonds. The van der Waals surface area contributed by atoms with Crippen molar-refractivity contribution in [3.05, 3.63) is 71.3 Å². The van der Waals surface area contributed by atoms with Crippen molar-refractivity contribution in [1.29, 1.82) is 5.26 Å². The SMILES string of the molecule is CN=C(NCc1cccc(C#N)c1)NC1CCC(c2ccccc2)CC1. The molecule has 3 rings (SSSR count). The van der Waals surface area contributed by atoms with Crippen LogP contribution < -0.4 is 10.6 Å². The normalized spacial score (nSPS) is 20.2. The van der Waals surface area contributed by atoms with Gasteiger partial charge in [-0.2, -0.15) is 5.26 Å². The molecular weight excluding hydrogens is 320 g/mol. The van der Waals surface area contributed by atoms with E-state index < -0.39 is 0 Å². The molecule has 2 N–H and O–H groups in total. The maximum Gasteiger partial charge on any atom is 0.191 e. The van der Waals surface area contributed by atoms with Crippen LogP contribution in [0.5, 0.6) is 0 Å². The first-order valence-electron chi connectivity index (χ1n) is 9.29. The molecule has 1 fully saturated rings. The second-order valence-corrected chi connectivity index (χ2v) is 6.84. The van der Waals surface area contributed by atoms with Gasteiger partial charge in [-0.15, -0.1) is 0 Å². The maximum absolute atomic E-state index is 9.00. The molecule has 0 saturated heterocycles. The van der Waals surface area contributed by atoms with Crippen molar-refractivity contribution in [1.82, 2.24) is 10.6 Å². The average Bonchev–Trinajstić information content (AvgIpc) is 2.72. The molecular formula is C22H26N4. The average molecular weight is 346 g/mol. The Morgan fingerprint density at radius 2 is 1.85 bits per heavy atom. The van der Waals surface area contributed by atoms with Gasteiger partial charge in [-0.3, -0.25) is 4.99 Å². The summed E-state index contributed by atoms with van der Waals surface area (Å²) >= 11 is 0. The number of benzene rings is 2. The van der Waals surface area contributed by atoms with E-state index in [0.29, 0.717) is 24.1 Å². The van der Waals surface area contributed by atoms with Gasteiger partial charge >= 0.3 is 0 Å². The number of aliphatic imine (C=N–C) groups is 1. The summed E-state index contributed by atoms with van der Waals surface area (Å²) in [6.07, 6.45) is 4.74. The fourth-order valence-corrected chi connectivity index (χ4v) is 3.62. The van der Waals surface area contributed by atoms with E-state index in [2.05, 4.69) is 52.0 Å². The lowest BCUT2D eigenvalue weighted by Gasteiger charge is -2.30. The molecule has 0 bridgehead atoms. The highest BCUT2D eigenvalue weighted by Crippen LogP contribution is 2.32. The fraction of sp³-hybridized carbons (Fsp3) is 0.364. The second kappa shape index (κ2) is 9.05. The number of nitriles is 1. The molecule has 0 spiro atoms. The third-order valence-electron chi connectivity index (χ3n) is 5.08. The summed E-state index contributed by atoms with van der Waals surface area (Å²) in [4.78, 5) is 4.35. The molecule has 0 aliphatic heterocycles. The molecule has 134 valence electrons. The van der Waals surface area contributed by atoms with Crippen LogP contribution in [0.15, 0.2) is 59.6 Å². The molecule has 2 aromatic rings. The van der Waals surface area contributed by atoms with Gasteiger partial charge < -0.3 is 10.6 Å². The van der Waals surface area contributed by atoms with Crippen LogP contribution in [0.1, 0.15) is 48.3 Å². The van der Waals surface area contributed by atoms with E-state index in [1.54, 1.807) is 7.05 Å². The van der Waals surface area contributed by atoms with Crippen LogP contribution >= 0.6 is 0 Å². The first-order valence-corrected chi connectivity index (χ1v) is 9.29. The summed E-state index contributed by atoms with van der Waals surface area (Å²) in [6.45, 7) is 0.661. The number of hydrogen-bond donors (Lipinski definition) is 2. The molecule has 1 aliphatic carbocycles. The Morgan fingerprint density at radius 1 is 1.08 bits per heavy atom. The molecule has 0 radical (unpaired) electrons. The zero-order valence-electron chi connectivity index (χ0n) is 15.3. The summed E-state index contributed by atoms with van der Waals surface area (Å²) in [7, 11) is 1.80. The lowest BCUT2D eigenvalue weighted by atomic mass is 9.82. The fourth-order valence-electron chi connectivity index (χ4n) is 3.62. The smallest absolute Gasteiger partial charge is 0.191 e. The van der Waals surface area contributed by atoms with Crippen LogP contribution in [-0.2, 0) is 6.54 Å². The molecule has 0 unspecified atom stereocenters. The van der Waals surface area contributed by atoms with Gasteiger partial charge in [-0.05, 0) is 54.9 Å². The zero-order chi connectivity index (χ0) is 18.2. The van der Waals surface area contributed by atoms with Crippen LogP contribution in [0, 0.1) is 11.3 Å². The Morgan fingerprint density at radius 3 is 2.54 bits per heavy atom. The monoisotopic (exact) mass is 346 g/mol. The largest absolute Gasteiger partial charge is 0.354 e. The van der Waals surface area contributed by atoms with Gasteiger partial charge in [-0.1, -0.05) is 42.5 Å². The van der Waals surface area contributed by atoms with E-state index in [0.717, 1.165) is 24.4 Å². The molecule has 4 heteroatoms. The van der Waals surface area contributed by atoms with Crippen LogP contribution in [0.2, 0.25) is 0 Å². The van der Waals surface area contributed by atoms with Gasteiger partial charge in [-0.25, -0.2) is 0 Å². The Hall–Kier alpha value is -2.80. The topological polar surface area (TPSA) is 60.2 Å². The van der Waals surface area contributed by atoms with Crippen molar-refractivity contribution in [2.75, 3.05) is 7.05 Å². The Labute approximate surface area is 156 Å². The molecule has 4 nitrogen and oxygen atoms in total. The van der Waals surface area contributed by atoms with Crippen LogP contribution in [0.25, 0.3) is 0 Å². The van der Waals surface area contributed by atoms with Crippen molar-refractivity contribution in [3.63, 3.8) is 0 Å². The highest BCUT2D eigenvalue weighted by Gasteiger charge is 2.22. The molecule has 1 saturated carbocycles. The minimum absolute atomic E-state index is 0.464. The molecule has 0 aromatic heterocycles. The van der Waals surface area contributed by atoms with Crippen LogP contribution in [-0.4, -0.2) is 19.0 Å². The number of nitrogens with one attached hydrogen (secondary N) is 2. The highest BCUT2D eigenvalue weighted by molar-refractivity contribution is 5.79. The number of hydrogen-bond acceptors (Lipinski definition) is 2. The van der Waals surface area contributed by atoms with E-state index in [1.165, 1.54) is 18.4 Å². The van der Waals surface area contributed by atoms with Gasteiger partial charge in [0.05, 0.1) is 11.6 Å². The summed E-state index contributed by atoms with van der Waals surface area (Å²) in [6, 6.07) is 21.1. The van der Waals surface area contributed by atoms with Crippen molar-refractivity contribution in [3.8, 4) is 6.07 Å². The Balaban J connectivity index is 1.48. The van der Waals surface area contributed by atoms with E-state index in [1.807, 2.05) is 24.3 Å². The first kappa shape index (κ1) is 18.0.